The molecule has 0 fully saturated rings. The highest BCUT2D eigenvalue weighted by Crippen LogP contribution is 2.33. The Morgan fingerprint density at radius 2 is 1.68 bits per heavy atom. The van der Waals surface area contributed by atoms with Crippen molar-refractivity contribution in [1.82, 2.24) is 4.72 Å². The maximum absolute atomic E-state index is 12.4. The lowest BCUT2D eigenvalue weighted by molar-refractivity contribution is 0.454. The number of hydrogen-bond acceptors (Lipinski definition) is 2. The van der Waals surface area contributed by atoms with Gasteiger partial charge in [0.1, 0.15) is 4.90 Å². The predicted molar refractivity (Wildman–Crippen MR) is 87.0 cm³/mol. The lowest BCUT2D eigenvalue weighted by Crippen LogP contribution is -2.48. The molecule has 0 bridgehead atoms. The smallest absolute Gasteiger partial charge is 0.207 e. The Morgan fingerprint density at radius 3 is 2.05 bits per heavy atom. The Labute approximate surface area is 140 Å². The summed E-state index contributed by atoms with van der Waals surface area (Å²) in [4.78, 5) is -0.178. The monoisotopic (exact) mass is 451 g/mol. The number of alkyl halides is 1. The Morgan fingerprint density at radius 1 is 1.26 bits per heavy atom. The average Bonchev–Trinajstić information content (AvgIpc) is 2.12. The van der Waals surface area contributed by atoms with Crippen molar-refractivity contribution >= 4 is 65.1 Å². The molecule has 0 aliphatic rings. The predicted octanol–water partition coefficient (Wildman–Crippen LogP) is 4.60. The SMILES string of the molecule is CC(Br)C(C)(C)NS(=O)(=O)c1c(Cl)cc(Br)cc1Cl. The summed E-state index contributed by atoms with van der Waals surface area (Å²) in [5.74, 6) is 0. The Balaban J connectivity index is 3.30. The molecule has 0 saturated carbocycles. The van der Waals surface area contributed by atoms with Crippen molar-refractivity contribution in [3.8, 4) is 0 Å². The van der Waals surface area contributed by atoms with Crippen LogP contribution in [0.15, 0.2) is 21.5 Å². The highest BCUT2D eigenvalue weighted by Gasteiger charge is 2.32. The molecule has 108 valence electrons. The highest BCUT2D eigenvalue weighted by atomic mass is 79.9. The molecule has 0 amide bonds. The fourth-order valence-electron chi connectivity index (χ4n) is 1.26. The van der Waals surface area contributed by atoms with Gasteiger partial charge in [0, 0.05) is 14.8 Å². The second-order valence-corrected chi connectivity index (χ2v) is 9.36. The number of hydrogen-bond donors (Lipinski definition) is 1. The molecule has 0 spiro atoms. The summed E-state index contributed by atoms with van der Waals surface area (Å²) >= 11 is 18.5. The summed E-state index contributed by atoms with van der Waals surface area (Å²) in [6.45, 7) is 5.39. The summed E-state index contributed by atoms with van der Waals surface area (Å²) in [5.41, 5.74) is -0.682. The van der Waals surface area contributed by atoms with Crippen molar-refractivity contribution in [2.24, 2.45) is 0 Å². The molecular weight excluding hydrogens is 441 g/mol. The molecule has 0 aromatic heterocycles. The second-order valence-electron chi connectivity index (χ2n) is 4.64. The van der Waals surface area contributed by atoms with Crippen molar-refractivity contribution < 1.29 is 8.42 Å². The molecule has 1 aromatic rings. The summed E-state index contributed by atoms with van der Waals surface area (Å²) < 4.78 is 28.0. The van der Waals surface area contributed by atoms with Gasteiger partial charge in [-0.05, 0) is 26.0 Å². The van der Waals surface area contributed by atoms with E-state index < -0.39 is 15.6 Å². The van der Waals surface area contributed by atoms with Crippen LogP contribution < -0.4 is 4.72 Å². The van der Waals surface area contributed by atoms with Gasteiger partial charge in [-0.1, -0.05) is 62.0 Å². The van der Waals surface area contributed by atoms with Crippen LogP contribution in [0.3, 0.4) is 0 Å². The fourth-order valence-corrected chi connectivity index (χ4v) is 4.95. The quantitative estimate of drug-likeness (QED) is 0.677. The lowest BCUT2D eigenvalue weighted by atomic mass is 10.0. The zero-order valence-electron chi connectivity index (χ0n) is 10.5. The van der Waals surface area contributed by atoms with Crippen LogP contribution >= 0.6 is 55.1 Å². The van der Waals surface area contributed by atoms with Gasteiger partial charge in [-0.3, -0.25) is 0 Å². The van der Waals surface area contributed by atoms with E-state index in [2.05, 4.69) is 36.6 Å². The molecule has 0 aliphatic heterocycles. The fraction of sp³-hybridized carbons (Fsp3) is 0.455. The second kappa shape index (κ2) is 6.20. The molecule has 1 rings (SSSR count). The first kappa shape index (κ1) is 17.7. The van der Waals surface area contributed by atoms with Crippen LogP contribution in [0.4, 0.5) is 0 Å². The maximum Gasteiger partial charge on any atom is 0.244 e. The van der Waals surface area contributed by atoms with Crippen LogP contribution in [0.2, 0.25) is 10.0 Å². The first-order valence-corrected chi connectivity index (χ1v) is 9.25. The van der Waals surface area contributed by atoms with Gasteiger partial charge in [-0.15, -0.1) is 0 Å². The zero-order chi connectivity index (χ0) is 15.0. The first-order chi connectivity index (χ1) is 8.47. The topological polar surface area (TPSA) is 46.2 Å². The normalized spacial score (nSPS) is 14.5. The third kappa shape index (κ3) is 4.32. The lowest BCUT2D eigenvalue weighted by Gasteiger charge is -2.29. The molecule has 0 aliphatic carbocycles. The Bertz CT molecular complexity index is 565. The average molecular weight is 454 g/mol. The summed E-state index contributed by atoms with van der Waals surface area (Å²) in [5, 5.41) is 0.148. The maximum atomic E-state index is 12.4. The van der Waals surface area contributed by atoms with E-state index in [-0.39, 0.29) is 19.8 Å². The van der Waals surface area contributed by atoms with E-state index >= 15 is 0 Å². The van der Waals surface area contributed by atoms with Crippen molar-refractivity contribution in [3.05, 3.63) is 26.7 Å². The summed E-state index contributed by atoms with van der Waals surface area (Å²) in [6.07, 6.45) is 0. The minimum absolute atomic E-state index is 0.0669. The third-order valence-electron chi connectivity index (χ3n) is 2.62. The van der Waals surface area contributed by atoms with E-state index in [9.17, 15) is 8.42 Å². The van der Waals surface area contributed by atoms with Gasteiger partial charge >= 0.3 is 0 Å². The molecule has 19 heavy (non-hydrogen) atoms. The van der Waals surface area contributed by atoms with E-state index in [0.717, 1.165) is 0 Å². The number of halogens is 4. The third-order valence-corrected chi connectivity index (χ3v) is 6.82. The molecular formula is C11H13Br2Cl2NO2S. The van der Waals surface area contributed by atoms with E-state index in [0.29, 0.717) is 4.47 Å². The van der Waals surface area contributed by atoms with Gasteiger partial charge in [-0.2, -0.15) is 0 Å². The largest absolute Gasteiger partial charge is 0.244 e. The molecule has 0 saturated heterocycles. The summed E-state index contributed by atoms with van der Waals surface area (Å²) in [7, 11) is -3.81. The number of nitrogens with one attached hydrogen (secondary N) is 1. The molecule has 1 atom stereocenters. The van der Waals surface area contributed by atoms with Crippen molar-refractivity contribution in [2.45, 2.75) is 36.0 Å². The molecule has 8 heteroatoms. The van der Waals surface area contributed by atoms with Crippen LogP contribution in [0.1, 0.15) is 20.8 Å². The van der Waals surface area contributed by atoms with Gasteiger partial charge in [0.25, 0.3) is 0 Å². The van der Waals surface area contributed by atoms with Crippen LogP contribution in [-0.4, -0.2) is 18.8 Å². The van der Waals surface area contributed by atoms with Crippen LogP contribution in [-0.2, 0) is 10.0 Å². The molecule has 0 radical (unpaired) electrons. The van der Waals surface area contributed by atoms with E-state index in [1.165, 1.54) is 12.1 Å². The van der Waals surface area contributed by atoms with Gasteiger partial charge in [-0.25, -0.2) is 13.1 Å². The highest BCUT2D eigenvalue weighted by molar-refractivity contribution is 9.10. The molecule has 0 heterocycles. The first-order valence-electron chi connectivity index (χ1n) is 5.30. The number of benzene rings is 1. The van der Waals surface area contributed by atoms with Gasteiger partial charge in [0.2, 0.25) is 10.0 Å². The molecule has 1 aromatic carbocycles. The Kier molecular flexibility index (Phi) is 5.78. The van der Waals surface area contributed by atoms with Crippen molar-refractivity contribution in [2.75, 3.05) is 0 Å². The van der Waals surface area contributed by atoms with Crippen LogP contribution in [0.5, 0.6) is 0 Å². The van der Waals surface area contributed by atoms with Crippen molar-refractivity contribution in [3.63, 3.8) is 0 Å². The molecule has 1 N–H and O–H groups in total. The minimum Gasteiger partial charge on any atom is -0.207 e. The van der Waals surface area contributed by atoms with Crippen molar-refractivity contribution in [1.29, 1.82) is 0 Å². The minimum atomic E-state index is -3.81. The zero-order valence-corrected chi connectivity index (χ0v) is 16.0. The summed E-state index contributed by atoms with van der Waals surface area (Å²) in [6, 6.07) is 2.99. The van der Waals surface area contributed by atoms with Gasteiger partial charge < -0.3 is 0 Å². The van der Waals surface area contributed by atoms with Gasteiger partial charge in [0.15, 0.2) is 0 Å². The van der Waals surface area contributed by atoms with Crippen LogP contribution in [0, 0.1) is 0 Å². The number of sulfonamides is 1. The standard InChI is InChI=1S/C11H13Br2Cl2NO2S/c1-6(12)11(2,3)16-19(17,18)10-8(14)4-7(13)5-9(10)15/h4-6,16H,1-3H3. The van der Waals surface area contributed by atoms with E-state index in [1.54, 1.807) is 13.8 Å². The molecule has 3 nitrogen and oxygen atoms in total. The van der Waals surface area contributed by atoms with Crippen LogP contribution in [0.25, 0.3) is 0 Å². The van der Waals surface area contributed by atoms with E-state index in [1.807, 2.05) is 6.92 Å². The van der Waals surface area contributed by atoms with Gasteiger partial charge in [0.05, 0.1) is 10.0 Å². The van der Waals surface area contributed by atoms with E-state index in [4.69, 9.17) is 23.2 Å². The Hall–Kier alpha value is 0.670. The number of rotatable bonds is 4. The molecule has 1 unspecified atom stereocenters.